The van der Waals surface area contributed by atoms with E-state index in [1.54, 1.807) is 0 Å². The minimum Gasteiger partial charge on any atom is -0.433 e. The summed E-state index contributed by atoms with van der Waals surface area (Å²) in [5.41, 5.74) is -1.76. The number of aryl methyl sites for hydroxylation is 1. The van der Waals surface area contributed by atoms with Gasteiger partial charge in [0.25, 0.3) is 5.91 Å². The first-order valence-corrected chi connectivity index (χ1v) is 8.35. The summed E-state index contributed by atoms with van der Waals surface area (Å²) in [4.78, 5) is 16.5. The molecule has 28 heavy (non-hydrogen) atoms. The quantitative estimate of drug-likeness (QED) is 0.569. The van der Waals surface area contributed by atoms with Crippen molar-refractivity contribution in [2.24, 2.45) is 0 Å². The van der Waals surface area contributed by atoms with E-state index in [2.05, 4.69) is 36.1 Å². The second-order valence-electron chi connectivity index (χ2n) is 5.51. The van der Waals surface area contributed by atoms with Crippen molar-refractivity contribution >= 4 is 33.2 Å². The Balaban J connectivity index is 2.03. The topological polar surface area (TPSA) is 68.5 Å². The highest BCUT2D eigenvalue weighted by Crippen LogP contribution is 2.33. The number of para-hydroxylation sites is 2. The van der Waals surface area contributed by atoms with Crippen LogP contribution in [0.4, 0.5) is 27.6 Å². The summed E-state index contributed by atoms with van der Waals surface area (Å²) in [5, 5.41) is 5.99. The van der Waals surface area contributed by atoms with E-state index >= 15 is 0 Å². The molecule has 12 heteroatoms. The van der Waals surface area contributed by atoms with Gasteiger partial charge in [-0.2, -0.15) is 27.1 Å². The van der Waals surface area contributed by atoms with Gasteiger partial charge in [0, 0.05) is 5.69 Å². The molecule has 0 atom stereocenters. The molecule has 0 fully saturated rings. The van der Waals surface area contributed by atoms with Crippen molar-refractivity contribution in [1.29, 1.82) is 0 Å². The number of aromatic nitrogens is 3. The second-order valence-corrected chi connectivity index (χ2v) is 6.30. The molecule has 0 bridgehead atoms. The number of hydrogen-bond donors (Lipinski definition) is 1. The highest BCUT2D eigenvalue weighted by molar-refractivity contribution is 9.10. The van der Waals surface area contributed by atoms with Crippen molar-refractivity contribution < 1.29 is 31.5 Å². The van der Waals surface area contributed by atoms with E-state index < -0.39 is 30.1 Å². The van der Waals surface area contributed by atoms with Gasteiger partial charge in [-0.05, 0) is 41.1 Å². The van der Waals surface area contributed by atoms with E-state index in [9.17, 15) is 26.7 Å². The molecule has 0 aliphatic carbocycles. The molecule has 0 radical (unpaired) electrons. The lowest BCUT2D eigenvalue weighted by Gasteiger charge is -2.11. The summed E-state index contributed by atoms with van der Waals surface area (Å²) in [6, 6.07) is 6.16. The normalized spacial score (nSPS) is 11.9. The Morgan fingerprint density at radius 2 is 1.96 bits per heavy atom. The van der Waals surface area contributed by atoms with Crippen LogP contribution in [-0.4, -0.2) is 27.1 Å². The van der Waals surface area contributed by atoms with Crippen molar-refractivity contribution in [2.75, 3.05) is 5.32 Å². The Morgan fingerprint density at radius 3 is 2.61 bits per heavy atom. The number of fused-ring (bicyclic) bond motifs is 1. The lowest BCUT2D eigenvalue weighted by molar-refractivity contribution is -0.142. The number of nitrogens with zero attached hydrogens (tertiary/aromatic N) is 3. The summed E-state index contributed by atoms with van der Waals surface area (Å²) in [6.07, 6.45) is -4.73. The molecule has 6 nitrogen and oxygen atoms in total. The number of ether oxygens (including phenoxy) is 1. The van der Waals surface area contributed by atoms with Gasteiger partial charge in [0.05, 0.1) is 10.2 Å². The summed E-state index contributed by atoms with van der Waals surface area (Å²) >= 11 is 3.03. The Labute approximate surface area is 162 Å². The fourth-order valence-electron chi connectivity index (χ4n) is 2.41. The molecule has 0 aliphatic heterocycles. The molecule has 0 saturated carbocycles. The lowest BCUT2D eigenvalue weighted by Crippen LogP contribution is -2.16. The summed E-state index contributed by atoms with van der Waals surface area (Å²) < 4.78 is 69.5. The molecular formula is C16H10BrF5N4O2. The molecule has 0 saturated heterocycles. The van der Waals surface area contributed by atoms with E-state index in [1.807, 2.05) is 0 Å². The van der Waals surface area contributed by atoms with Crippen LogP contribution in [0.25, 0.3) is 5.65 Å². The largest absolute Gasteiger partial charge is 0.433 e. The van der Waals surface area contributed by atoms with E-state index in [-0.39, 0.29) is 27.3 Å². The maximum atomic E-state index is 13.3. The fourth-order valence-corrected chi connectivity index (χ4v) is 2.93. The number of hydrogen-bond acceptors (Lipinski definition) is 4. The molecule has 1 amide bonds. The van der Waals surface area contributed by atoms with Gasteiger partial charge in [-0.25, -0.2) is 9.50 Å². The molecule has 0 spiro atoms. The summed E-state index contributed by atoms with van der Waals surface area (Å²) in [7, 11) is 0. The third kappa shape index (κ3) is 3.91. The SMILES string of the molecule is Cc1cc(C(F)(F)F)n2nc(C(=O)Nc3ccccc3OC(F)F)c(Br)c2n1. The number of alkyl halides is 5. The minimum absolute atomic E-state index is 0.0723. The number of nitrogens with one attached hydrogen (secondary N) is 1. The van der Waals surface area contributed by atoms with Crippen molar-refractivity contribution in [2.45, 2.75) is 19.7 Å². The van der Waals surface area contributed by atoms with Crippen LogP contribution in [0.3, 0.4) is 0 Å². The summed E-state index contributed by atoms with van der Waals surface area (Å²) in [5.74, 6) is -1.25. The van der Waals surface area contributed by atoms with Crippen LogP contribution in [0.5, 0.6) is 5.75 Å². The molecule has 3 aromatic rings. The Hall–Kier alpha value is -2.76. The van der Waals surface area contributed by atoms with Crippen LogP contribution in [-0.2, 0) is 6.18 Å². The van der Waals surface area contributed by atoms with Gasteiger partial charge < -0.3 is 10.1 Å². The van der Waals surface area contributed by atoms with E-state index in [0.29, 0.717) is 4.52 Å². The average molecular weight is 465 g/mol. The Kier molecular flexibility index (Phi) is 5.24. The van der Waals surface area contributed by atoms with Crippen LogP contribution in [0.2, 0.25) is 0 Å². The number of amides is 1. The number of carbonyl (C=O) groups is 1. The van der Waals surface area contributed by atoms with Crippen LogP contribution >= 0.6 is 15.9 Å². The molecule has 1 N–H and O–H groups in total. The number of carbonyl (C=O) groups excluding carboxylic acids is 1. The molecule has 2 heterocycles. The maximum Gasteiger partial charge on any atom is 0.433 e. The van der Waals surface area contributed by atoms with Gasteiger partial charge in [0.1, 0.15) is 11.4 Å². The van der Waals surface area contributed by atoms with Crippen LogP contribution in [0.15, 0.2) is 34.8 Å². The van der Waals surface area contributed by atoms with Crippen molar-refractivity contribution in [3.8, 4) is 5.75 Å². The third-order valence-electron chi connectivity index (χ3n) is 3.52. The number of rotatable bonds is 4. The predicted octanol–water partition coefficient (Wildman–Crippen LogP) is 4.67. The van der Waals surface area contributed by atoms with Crippen molar-refractivity contribution in [3.63, 3.8) is 0 Å². The zero-order valence-corrected chi connectivity index (χ0v) is 15.5. The van der Waals surface area contributed by atoms with Crippen molar-refractivity contribution in [1.82, 2.24) is 14.6 Å². The zero-order chi connectivity index (χ0) is 20.6. The molecular weight excluding hydrogens is 455 g/mol. The zero-order valence-electron chi connectivity index (χ0n) is 13.9. The first kappa shape index (κ1) is 20.0. The smallest absolute Gasteiger partial charge is 0.433 e. The second kappa shape index (κ2) is 7.34. The molecule has 2 aromatic heterocycles. The van der Waals surface area contributed by atoms with E-state index in [4.69, 9.17) is 0 Å². The first-order valence-electron chi connectivity index (χ1n) is 7.56. The minimum atomic E-state index is -4.73. The van der Waals surface area contributed by atoms with Crippen LogP contribution in [0, 0.1) is 6.92 Å². The molecule has 1 aromatic carbocycles. The lowest BCUT2D eigenvalue weighted by atomic mass is 10.3. The highest BCUT2D eigenvalue weighted by Gasteiger charge is 2.36. The standard InChI is InChI=1S/C16H10BrF5N4O2/c1-7-6-10(16(20,21)22)26-13(23-7)11(17)12(25-26)14(27)24-8-4-2-3-5-9(8)28-15(18)19/h2-6,15H,1H3,(H,24,27). The van der Waals surface area contributed by atoms with Gasteiger partial charge >= 0.3 is 12.8 Å². The van der Waals surface area contributed by atoms with Crippen LogP contribution in [0.1, 0.15) is 21.9 Å². The molecule has 0 unspecified atom stereocenters. The van der Waals surface area contributed by atoms with E-state index in [0.717, 1.165) is 6.07 Å². The number of anilines is 1. The van der Waals surface area contributed by atoms with Crippen LogP contribution < -0.4 is 10.1 Å². The van der Waals surface area contributed by atoms with E-state index in [1.165, 1.54) is 31.2 Å². The average Bonchev–Trinajstić information content (AvgIpc) is 2.91. The monoisotopic (exact) mass is 464 g/mol. The molecule has 3 rings (SSSR count). The maximum absolute atomic E-state index is 13.3. The number of benzene rings is 1. The molecule has 148 valence electrons. The number of halogens is 6. The third-order valence-corrected chi connectivity index (χ3v) is 4.25. The fraction of sp³-hybridized carbons (Fsp3) is 0.188. The van der Waals surface area contributed by atoms with Crippen molar-refractivity contribution in [3.05, 3.63) is 51.9 Å². The summed E-state index contributed by atoms with van der Waals surface area (Å²) in [6.45, 7) is -1.76. The Bertz CT molecular complexity index is 1050. The highest BCUT2D eigenvalue weighted by atomic mass is 79.9. The van der Waals surface area contributed by atoms with Gasteiger partial charge in [-0.15, -0.1) is 0 Å². The first-order chi connectivity index (χ1) is 13.1. The van der Waals surface area contributed by atoms with Gasteiger partial charge in [0.2, 0.25) is 0 Å². The predicted molar refractivity (Wildman–Crippen MR) is 91.5 cm³/mol. The Morgan fingerprint density at radius 1 is 1.29 bits per heavy atom. The molecule has 0 aliphatic rings. The van der Waals surface area contributed by atoms with Gasteiger partial charge in [-0.3, -0.25) is 4.79 Å². The van der Waals surface area contributed by atoms with Gasteiger partial charge in [0.15, 0.2) is 11.3 Å². The van der Waals surface area contributed by atoms with Gasteiger partial charge in [-0.1, -0.05) is 12.1 Å².